The number of nitriles is 1. The Balaban J connectivity index is 1.43. The molecule has 192 valence electrons. The first kappa shape index (κ1) is 24.7. The van der Waals surface area contributed by atoms with Crippen LogP contribution in [0.3, 0.4) is 0 Å². The summed E-state index contributed by atoms with van der Waals surface area (Å²) in [5.74, 6) is -1.35. The number of carbonyl (C=O) groups excluding carboxylic acids is 1. The quantitative estimate of drug-likeness (QED) is 0.615. The molecule has 36 heavy (non-hydrogen) atoms. The molecule has 1 aliphatic heterocycles. The Hall–Kier alpha value is -3.00. The number of carbonyl (C=O) groups is 1. The maximum absolute atomic E-state index is 13.6. The maximum atomic E-state index is 13.6. The minimum Gasteiger partial charge on any atom is -0.439 e. The second-order valence-corrected chi connectivity index (χ2v) is 12.2. The highest BCUT2D eigenvalue weighted by Crippen LogP contribution is 2.44. The van der Waals surface area contributed by atoms with Crippen LogP contribution in [-0.2, 0) is 14.6 Å². The van der Waals surface area contributed by atoms with Crippen molar-refractivity contribution in [1.29, 1.82) is 5.26 Å². The predicted octanol–water partition coefficient (Wildman–Crippen LogP) is 3.96. The molecule has 11 heteroatoms. The van der Waals surface area contributed by atoms with Crippen molar-refractivity contribution in [3.8, 4) is 17.3 Å². The van der Waals surface area contributed by atoms with Crippen LogP contribution in [0, 0.1) is 17.2 Å². The Kier molecular flexibility index (Phi) is 6.49. The molecule has 2 unspecified atom stereocenters. The standard InChI is InChI=1S/C25H28F2N4O4S/c26-22(27)24-29-20(16-5-7-17(8-6-16)31-11-13-36(33,34)14-12-31)21(35-24)18-3-1-2-4-19(18)23(32)30-25(15-28)9-10-25/h5-8,18-19,22H,1-4,9-14H2,(H,30,32). The first-order valence-electron chi connectivity index (χ1n) is 12.3. The van der Waals surface area contributed by atoms with E-state index in [4.69, 9.17) is 4.42 Å². The number of alkyl halides is 2. The average Bonchev–Trinajstić information content (AvgIpc) is 3.50. The van der Waals surface area contributed by atoms with Gasteiger partial charge in [-0.15, -0.1) is 0 Å². The topological polar surface area (TPSA) is 116 Å². The number of sulfone groups is 1. The van der Waals surface area contributed by atoms with Crippen molar-refractivity contribution in [2.24, 2.45) is 5.92 Å². The van der Waals surface area contributed by atoms with Crippen molar-refractivity contribution in [2.75, 3.05) is 29.5 Å². The lowest BCUT2D eigenvalue weighted by atomic mass is 9.76. The molecular weight excluding hydrogens is 490 g/mol. The van der Waals surface area contributed by atoms with Gasteiger partial charge in [-0.3, -0.25) is 4.79 Å². The van der Waals surface area contributed by atoms with Gasteiger partial charge in [-0.1, -0.05) is 25.0 Å². The molecular formula is C25H28F2N4O4S. The molecule has 5 rings (SSSR count). The van der Waals surface area contributed by atoms with E-state index in [9.17, 15) is 27.3 Å². The molecule has 2 aromatic rings. The van der Waals surface area contributed by atoms with Crippen molar-refractivity contribution < 1.29 is 26.4 Å². The van der Waals surface area contributed by atoms with Crippen LogP contribution in [0.2, 0.25) is 0 Å². The summed E-state index contributed by atoms with van der Waals surface area (Å²) in [6.45, 7) is 0.797. The molecule has 2 atom stereocenters. The van der Waals surface area contributed by atoms with Gasteiger partial charge >= 0.3 is 6.43 Å². The number of anilines is 1. The minimum atomic E-state index is -3.01. The number of rotatable bonds is 6. The zero-order chi connectivity index (χ0) is 25.5. The summed E-state index contributed by atoms with van der Waals surface area (Å²) in [7, 11) is -3.01. The smallest absolute Gasteiger partial charge is 0.313 e. The van der Waals surface area contributed by atoms with E-state index in [-0.39, 0.29) is 23.2 Å². The largest absolute Gasteiger partial charge is 0.439 e. The third-order valence-corrected chi connectivity index (χ3v) is 9.08. The average molecular weight is 519 g/mol. The molecule has 1 N–H and O–H groups in total. The second kappa shape index (κ2) is 9.47. The Labute approximate surface area is 208 Å². The molecule has 0 spiro atoms. The Bertz CT molecular complexity index is 1270. The van der Waals surface area contributed by atoms with Gasteiger partial charge in [-0.25, -0.2) is 13.4 Å². The van der Waals surface area contributed by atoms with Gasteiger partial charge < -0.3 is 14.6 Å². The highest BCUT2D eigenvalue weighted by molar-refractivity contribution is 7.91. The number of amides is 1. The zero-order valence-electron chi connectivity index (χ0n) is 19.8. The normalized spacial score (nSPS) is 24.8. The molecule has 2 aliphatic carbocycles. The first-order chi connectivity index (χ1) is 17.2. The molecule has 3 aliphatic rings. The van der Waals surface area contributed by atoms with Gasteiger partial charge in [0.2, 0.25) is 5.91 Å². The number of halogens is 2. The third kappa shape index (κ3) is 4.96. The van der Waals surface area contributed by atoms with E-state index < -0.39 is 39.5 Å². The van der Waals surface area contributed by atoms with Gasteiger partial charge in [0, 0.05) is 36.2 Å². The number of hydrogen-bond acceptors (Lipinski definition) is 7. The summed E-state index contributed by atoms with van der Waals surface area (Å²) in [4.78, 5) is 19.2. The fourth-order valence-electron chi connectivity index (χ4n) is 5.18. The van der Waals surface area contributed by atoms with Gasteiger partial charge in [0.25, 0.3) is 5.89 Å². The molecule has 8 nitrogen and oxygen atoms in total. The minimum absolute atomic E-state index is 0.0954. The van der Waals surface area contributed by atoms with Crippen LogP contribution in [0.4, 0.5) is 14.5 Å². The van der Waals surface area contributed by atoms with E-state index in [0.29, 0.717) is 50.0 Å². The SMILES string of the molecule is N#CC1(NC(=O)C2CCCCC2c2oc(C(F)F)nc2-c2ccc(N3CCS(=O)(=O)CC3)cc2)CC1. The first-order valence-corrected chi connectivity index (χ1v) is 14.1. The lowest BCUT2D eigenvalue weighted by Crippen LogP contribution is -2.42. The van der Waals surface area contributed by atoms with Crippen LogP contribution < -0.4 is 10.2 Å². The van der Waals surface area contributed by atoms with Gasteiger partial charge in [0.15, 0.2) is 9.84 Å². The third-order valence-electron chi connectivity index (χ3n) is 7.47. The molecule has 1 aromatic heterocycles. The monoisotopic (exact) mass is 518 g/mol. The molecule has 1 aromatic carbocycles. The van der Waals surface area contributed by atoms with Crippen molar-refractivity contribution in [1.82, 2.24) is 10.3 Å². The highest BCUT2D eigenvalue weighted by Gasteiger charge is 2.47. The Morgan fingerprint density at radius 1 is 1.17 bits per heavy atom. The van der Waals surface area contributed by atoms with Crippen molar-refractivity contribution in [3.05, 3.63) is 35.9 Å². The lowest BCUT2D eigenvalue weighted by molar-refractivity contribution is -0.127. The van der Waals surface area contributed by atoms with Crippen LogP contribution in [-0.4, -0.2) is 49.4 Å². The van der Waals surface area contributed by atoms with Crippen LogP contribution in [0.1, 0.15) is 62.5 Å². The summed E-state index contributed by atoms with van der Waals surface area (Å²) in [6, 6.07) is 9.34. The molecule has 2 heterocycles. The zero-order valence-corrected chi connectivity index (χ0v) is 20.6. The molecule has 0 radical (unpaired) electrons. The maximum Gasteiger partial charge on any atom is 0.313 e. The predicted molar refractivity (Wildman–Crippen MR) is 128 cm³/mol. The van der Waals surface area contributed by atoms with E-state index >= 15 is 0 Å². The van der Waals surface area contributed by atoms with Crippen LogP contribution in [0.5, 0.6) is 0 Å². The number of nitrogens with one attached hydrogen (secondary N) is 1. The van der Waals surface area contributed by atoms with Crippen LogP contribution in [0.25, 0.3) is 11.3 Å². The number of hydrogen-bond donors (Lipinski definition) is 1. The van der Waals surface area contributed by atoms with Gasteiger partial charge in [0.1, 0.15) is 17.0 Å². The van der Waals surface area contributed by atoms with E-state index in [1.807, 2.05) is 17.0 Å². The molecule has 3 fully saturated rings. The highest BCUT2D eigenvalue weighted by atomic mass is 32.2. The summed E-state index contributed by atoms with van der Waals surface area (Å²) >= 11 is 0. The van der Waals surface area contributed by atoms with Crippen molar-refractivity contribution in [3.63, 3.8) is 0 Å². The van der Waals surface area contributed by atoms with Crippen molar-refractivity contribution in [2.45, 2.75) is 56.4 Å². The summed E-state index contributed by atoms with van der Waals surface area (Å²) in [6.07, 6.45) is 1.19. The molecule has 2 saturated carbocycles. The Morgan fingerprint density at radius 2 is 1.83 bits per heavy atom. The van der Waals surface area contributed by atoms with Gasteiger partial charge in [-0.2, -0.15) is 14.0 Å². The van der Waals surface area contributed by atoms with E-state index in [2.05, 4.69) is 16.4 Å². The van der Waals surface area contributed by atoms with Gasteiger partial charge in [0.05, 0.1) is 17.6 Å². The van der Waals surface area contributed by atoms with E-state index in [0.717, 1.165) is 18.5 Å². The molecule has 0 bridgehead atoms. The fourth-order valence-corrected chi connectivity index (χ4v) is 6.38. The number of nitrogens with zero attached hydrogens (tertiary/aromatic N) is 3. The summed E-state index contributed by atoms with van der Waals surface area (Å²) in [5, 5.41) is 12.2. The number of aromatic nitrogens is 1. The number of oxazole rings is 1. The van der Waals surface area contributed by atoms with Gasteiger partial charge in [-0.05, 0) is 37.8 Å². The molecule has 1 amide bonds. The van der Waals surface area contributed by atoms with Crippen LogP contribution >= 0.6 is 0 Å². The summed E-state index contributed by atoms with van der Waals surface area (Å²) in [5.41, 5.74) is 0.925. The van der Waals surface area contributed by atoms with E-state index in [1.54, 1.807) is 12.1 Å². The number of benzene rings is 1. The second-order valence-electron chi connectivity index (χ2n) is 9.93. The Morgan fingerprint density at radius 3 is 2.44 bits per heavy atom. The lowest BCUT2D eigenvalue weighted by Gasteiger charge is -2.30. The molecule has 1 saturated heterocycles. The van der Waals surface area contributed by atoms with E-state index in [1.165, 1.54) is 0 Å². The fraction of sp³-hybridized carbons (Fsp3) is 0.560. The van der Waals surface area contributed by atoms with Crippen LogP contribution in [0.15, 0.2) is 28.7 Å². The summed E-state index contributed by atoms with van der Waals surface area (Å²) < 4.78 is 56.3. The van der Waals surface area contributed by atoms with Crippen molar-refractivity contribution >= 4 is 21.4 Å².